The predicted octanol–water partition coefficient (Wildman–Crippen LogP) is 2.64. The molecule has 1 aliphatic carbocycles. The molecule has 102 valence electrons. The van der Waals surface area contributed by atoms with Crippen molar-refractivity contribution >= 4 is 17.5 Å². The molecule has 0 spiro atoms. The van der Waals surface area contributed by atoms with E-state index in [1.165, 1.54) is 0 Å². The highest BCUT2D eigenvalue weighted by Crippen LogP contribution is 2.34. The third-order valence-electron chi connectivity index (χ3n) is 3.35. The van der Waals surface area contributed by atoms with E-state index in [0.29, 0.717) is 6.54 Å². The van der Waals surface area contributed by atoms with Gasteiger partial charge in [0.15, 0.2) is 0 Å². The number of nitrogens with zero attached hydrogens (tertiary/aromatic N) is 2. The third kappa shape index (κ3) is 2.89. The summed E-state index contributed by atoms with van der Waals surface area (Å²) in [6, 6.07) is 1.70. The van der Waals surface area contributed by atoms with Crippen molar-refractivity contribution in [3.05, 3.63) is 41.8 Å². The van der Waals surface area contributed by atoms with Gasteiger partial charge in [0.1, 0.15) is 0 Å². The summed E-state index contributed by atoms with van der Waals surface area (Å²) in [6.07, 6.45) is 7.60. The number of hydrogen-bond donors (Lipinski definition) is 1. The van der Waals surface area contributed by atoms with Gasteiger partial charge in [0, 0.05) is 13.1 Å². The molecule has 4 nitrogen and oxygen atoms in total. The number of hydrogen-bond acceptors (Lipinski definition) is 2. The summed E-state index contributed by atoms with van der Waals surface area (Å²) in [5.74, 6) is -0.0112. The van der Waals surface area contributed by atoms with Crippen molar-refractivity contribution in [2.45, 2.75) is 38.2 Å². The molecule has 0 saturated heterocycles. The lowest BCUT2D eigenvalue weighted by molar-refractivity contribution is -0.131. The van der Waals surface area contributed by atoms with Gasteiger partial charge in [-0.3, -0.25) is 9.89 Å². The van der Waals surface area contributed by atoms with Crippen LogP contribution >= 0.6 is 11.6 Å². The molecular formula is C14H18ClN3O. The van der Waals surface area contributed by atoms with E-state index >= 15 is 0 Å². The number of carbonyl (C=O) groups is 1. The average molecular weight is 280 g/mol. The first-order valence-corrected chi connectivity index (χ1v) is 6.60. The molecule has 0 aliphatic heterocycles. The van der Waals surface area contributed by atoms with Crippen molar-refractivity contribution in [1.29, 1.82) is 0 Å². The molecule has 2 unspecified atom stereocenters. The molecule has 2 rings (SSSR count). The molecular weight excluding hydrogens is 262 g/mol. The molecule has 0 aromatic carbocycles. The topological polar surface area (TPSA) is 49.0 Å². The lowest BCUT2D eigenvalue weighted by Gasteiger charge is -2.40. The van der Waals surface area contributed by atoms with E-state index in [4.69, 9.17) is 11.6 Å². The third-order valence-corrected chi connectivity index (χ3v) is 3.69. The summed E-state index contributed by atoms with van der Waals surface area (Å²) in [7, 11) is 0. The van der Waals surface area contributed by atoms with Gasteiger partial charge in [0.2, 0.25) is 5.91 Å². The van der Waals surface area contributed by atoms with Crippen molar-refractivity contribution in [3.63, 3.8) is 0 Å². The SMILES string of the molecule is CC(=O)N(Cc1cc[nH]n1)C1C(C)=CC=CC1(C)Cl. The summed E-state index contributed by atoms with van der Waals surface area (Å²) in [4.78, 5) is 13.1. The summed E-state index contributed by atoms with van der Waals surface area (Å²) in [5, 5.41) is 6.87. The number of alkyl halides is 1. The number of rotatable bonds is 3. The summed E-state index contributed by atoms with van der Waals surface area (Å²) < 4.78 is 0. The van der Waals surface area contributed by atoms with E-state index in [0.717, 1.165) is 11.3 Å². The molecule has 1 aromatic heterocycles. The molecule has 5 heteroatoms. The predicted molar refractivity (Wildman–Crippen MR) is 75.8 cm³/mol. The van der Waals surface area contributed by atoms with Gasteiger partial charge in [0.05, 0.1) is 23.2 Å². The minimum atomic E-state index is -0.596. The maximum absolute atomic E-state index is 12.0. The molecule has 1 amide bonds. The number of carbonyl (C=O) groups excluding carboxylic acids is 1. The second-order valence-corrected chi connectivity index (χ2v) is 5.85. The van der Waals surface area contributed by atoms with Crippen molar-refractivity contribution in [2.24, 2.45) is 0 Å². The molecule has 1 aliphatic rings. The minimum absolute atomic E-state index is 0.0112. The van der Waals surface area contributed by atoms with Crippen LogP contribution in [0, 0.1) is 0 Å². The van der Waals surface area contributed by atoms with Crippen LogP contribution in [0.2, 0.25) is 0 Å². The minimum Gasteiger partial charge on any atom is -0.328 e. The summed E-state index contributed by atoms with van der Waals surface area (Å²) in [5.41, 5.74) is 1.90. The van der Waals surface area contributed by atoms with Crippen LogP contribution in [-0.4, -0.2) is 31.9 Å². The number of halogens is 1. The fourth-order valence-electron chi connectivity index (χ4n) is 2.50. The number of aromatic nitrogens is 2. The summed E-state index contributed by atoms with van der Waals surface area (Å²) in [6.45, 7) is 5.93. The van der Waals surface area contributed by atoms with E-state index in [1.54, 1.807) is 18.0 Å². The van der Waals surface area contributed by atoms with Gasteiger partial charge in [-0.05, 0) is 25.5 Å². The Labute approximate surface area is 118 Å². The Bertz CT molecular complexity index is 517. The van der Waals surface area contributed by atoms with Crippen molar-refractivity contribution < 1.29 is 4.79 Å². The molecule has 0 fully saturated rings. The zero-order valence-corrected chi connectivity index (χ0v) is 12.1. The first-order valence-electron chi connectivity index (χ1n) is 6.22. The van der Waals surface area contributed by atoms with E-state index in [1.807, 2.05) is 38.1 Å². The lowest BCUT2D eigenvalue weighted by atomic mass is 9.88. The Kier molecular flexibility index (Phi) is 3.80. The Morgan fingerprint density at radius 3 is 2.89 bits per heavy atom. The van der Waals surface area contributed by atoms with Gasteiger partial charge in [-0.15, -0.1) is 11.6 Å². The Morgan fingerprint density at radius 2 is 2.37 bits per heavy atom. The highest BCUT2D eigenvalue weighted by molar-refractivity contribution is 6.26. The lowest BCUT2D eigenvalue weighted by Crippen LogP contribution is -2.50. The molecule has 0 bridgehead atoms. The molecule has 19 heavy (non-hydrogen) atoms. The van der Waals surface area contributed by atoms with Gasteiger partial charge in [-0.25, -0.2) is 0 Å². The number of aromatic amines is 1. The van der Waals surface area contributed by atoms with Crippen molar-refractivity contribution in [3.8, 4) is 0 Å². The second kappa shape index (κ2) is 5.21. The highest BCUT2D eigenvalue weighted by atomic mass is 35.5. The van der Waals surface area contributed by atoms with E-state index in [2.05, 4.69) is 10.2 Å². The fourth-order valence-corrected chi connectivity index (χ4v) is 2.87. The van der Waals surface area contributed by atoms with Gasteiger partial charge in [-0.2, -0.15) is 5.10 Å². The van der Waals surface area contributed by atoms with Gasteiger partial charge < -0.3 is 4.90 Å². The number of allylic oxidation sites excluding steroid dienone is 2. The van der Waals surface area contributed by atoms with Crippen LogP contribution in [-0.2, 0) is 11.3 Å². The second-order valence-electron chi connectivity index (χ2n) is 5.04. The van der Waals surface area contributed by atoms with Crippen LogP contribution in [0.5, 0.6) is 0 Å². The van der Waals surface area contributed by atoms with E-state index in [-0.39, 0.29) is 11.9 Å². The zero-order chi connectivity index (χ0) is 14.0. The highest BCUT2D eigenvalue weighted by Gasteiger charge is 2.38. The maximum Gasteiger partial charge on any atom is 0.220 e. The number of H-pyrrole nitrogens is 1. The molecule has 1 aromatic rings. The van der Waals surface area contributed by atoms with Crippen LogP contribution in [0.15, 0.2) is 36.1 Å². The Morgan fingerprint density at radius 1 is 1.63 bits per heavy atom. The molecule has 2 atom stereocenters. The summed E-state index contributed by atoms with van der Waals surface area (Å²) >= 11 is 6.56. The van der Waals surface area contributed by atoms with Gasteiger partial charge in [-0.1, -0.05) is 18.2 Å². The average Bonchev–Trinajstić information content (AvgIpc) is 2.79. The Hall–Kier alpha value is -1.55. The molecule has 1 heterocycles. The fraction of sp³-hybridized carbons (Fsp3) is 0.429. The molecule has 1 N–H and O–H groups in total. The normalized spacial score (nSPS) is 26.1. The van der Waals surface area contributed by atoms with E-state index < -0.39 is 4.87 Å². The van der Waals surface area contributed by atoms with Gasteiger partial charge in [0.25, 0.3) is 0 Å². The standard InChI is InChI=1S/C14H18ClN3O/c1-10-5-4-7-14(3,15)13(10)18(11(2)19)9-12-6-8-16-17-12/h4-8,13H,9H2,1-3H3,(H,16,17). The van der Waals surface area contributed by atoms with Crippen LogP contribution in [0.25, 0.3) is 0 Å². The molecule has 0 saturated carbocycles. The quantitative estimate of drug-likeness (QED) is 0.865. The largest absolute Gasteiger partial charge is 0.328 e. The van der Waals surface area contributed by atoms with E-state index in [9.17, 15) is 4.79 Å². The maximum atomic E-state index is 12.0. The smallest absolute Gasteiger partial charge is 0.220 e. The number of nitrogens with one attached hydrogen (secondary N) is 1. The van der Waals surface area contributed by atoms with Crippen LogP contribution < -0.4 is 0 Å². The monoisotopic (exact) mass is 279 g/mol. The van der Waals surface area contributed by atoms with Crippen molar-refractivity contribution in [1.82, 2.24) is 15.1 Å². The first-order chi connectivity index (χ1) is 8.92. The van der Waals surface area contributed by atoms with Crippen LogP contribution in [0.3, 0.4) is 0 Å². The van der Waals surface area contributed by atoms with Crippen molar-refractivity contribution in [2.75, 3.05) is 0 Å². The number of amides is 1. The Balaban J connectivity index is 2.31. The first kappa shape index (κ1) is 13.9. The van der Waals surface area contributed by atoms with Crippen LogP contribution in [0.1, 0.15) is 26.5 Å². The van der Waals surface area contributed by atoms with Crippen LogP contribution in [0.4, 0.5) is 0 Å². The molecule has 0 radical (unpaired) electrons. The van der Waals surface area contributed by atoms with Gasteiger partial charge >= 0.3 is 0 Å². The zero-order valence-electron chi connectivity index (χ0n) is 11.4.